The Morgan fingerprint density at radius 2 is 2.00 bits per heavy atom. The SMILES string of the molecule is CNc1ccccc1-c1nc2ccncc2n1C. The van der Waals surface area contributed by atoms with Crippen LogP contribution in [0.3, 0.4) is 0 Å². The number of pyridine rings is 1. The number of rotatable bonds is 2. The van der Waals surface area contributed by atoms with E-state index in [9.17, 15) is 0 Å². The lowest BCUT2D eigenvalue weighted by Gasteiger charge is -2.08. The lowest BCUT2D eigenvalue weighted by atomic mass is 10.1. The molecule has 1 aromatic carbocycles. The molecule has 2 aromatic heterocycles. The Hall–Kier alpha value is -2.36. The molecule has 0 bridgehead atoms. The van der Waals surface area contributed by atoms with Gasteiger partial charge in [0.1, 0.15) is 5.82 Å². The van der Waals surface area contributed by atoms with E-state index in [0.29, 0.717) is 0 Å². The number of para-hydroxylation sites is 1. The first-order chi connectivity index (χ1) is 8.81. The van der Waals surface area contributed by atoms with Crippen LogP contribution in [0.1, 0.15) is 0 Å². The third kappa shape index (κ3) is 1.54. The van der Waals surface area contributed by atoms with Crippen molar-refractivity contribution >= 4 is 16.7 Å². The fourth-order valence-corrected chi connectivity index (χ4v) is 2.17. The summed E-state index contributed by atoms with van der Waals surface area (Å²) < 4.78 is 2.07. The second-order valence-corrected chi connectivity index (χ2v) is 4.15. The Morgan fingerprint density at radius 3 is 2.78 bits per heavy atom. The minimum absolute atomic E-state index is 0.947. The average Bonchev–Trinajstić information content (AvgIpc) is 2.76. The number of benzene rings is 1. The molecule has 0 fully saturated rings. The van der Waals surface area contributed by atoms with E-state index in [4.69, 9.17) is 0 Å². The maximum absolute atomic E-state index is 4.67. The molecule has 0 spiro atoms. The van der Waals surface area contributed by atoms with Gasteiger partial charge in [0.25, 0.3) is 0 Å². The normalized spacial score (nSPS) is 10.8. The molecular weight excluding hydrogens is 224 g/mol. The molecule has 90 valence electrons. The van der Waals surface area contributed by atoms with Gasteiger partial charge < -0.3 is 9.88 Å². The summed E-state index contributed by atoms with van der Waals surface area (Å²) in [6.07, 6.45) is 3.61. The van der Waals surface area contributed by atoms with Crippen LogP contribution in [0.25, 0.3) is 22.4 Å². The van der Waals surface area contributed by atoms with Crippen LogP contribution in [0.4, 0.5) is 5.69 Å². The zero-order valence-electron chi connectivity index (χ0n) is 10.4. The summed E-state index contributed by atoms with van der Waals surface area (Å²) in [7, 11) is 3.93. The van der Waals surface area contributed by atoms with Gasteiger partial charge in [-0.15, -0.1) is 0 Å². The van der Waals surface area contributed by atoms with Crippen LogP contribution in [0.15, 0.2) is 42.7 Å². The van der Waals surface area contributed by atoms with Crippen molar-refractivity contribution in [1.29, 1.82) is 0 Å². The third-order valence-corrected chi connectivity index (χ3v) is 3.12. The Balaban J connectivity index is 2.28. The first-order valence-electron chi connectivity index (χ1n) is 5.85. The molecule has 0 unspecified atom stereocenters. The number of anilines is 1. The first kappa shape index (κ1) is 10.8. The number of nitrogens with one attached hydrogen (secondary N) is 1. The molecular formula is C14H14N4. The number of aromatic nitrogens is 3. The first-order valence-corrected chi connectivity index (χ1v) is 5.85. The van der Waals surface area contributed by atoms with E-state index in [1.54, 1.807) is 6.20 Å². The summed E-state index contributed by atoms with van der Waals surface area (Å²) in [6.45, 7) is 0. The number of hydrogen-bond donors (Lipinski definition) is 1. The highest BCUT2D eigenvalue weighted by Gasteiger charge is 2.12. The molecule has 2 heterocycles. The maximum Gasteiger partial charge on any atom is 0.142 e. The van der Waals surface area contributed by atoms with E-state index in [1.807, 2.05) is 44.6 Å². The molecule has 18 heavy (non-hydrogen) atoms. The van der Waals surface area contributed by atoms with Crippen molar-refractivity contribution in [3.63, 3.8) is 0 Å². The second-order valence-electron chi connectivity index (χ2n) is 4.15. The van der Waals surface area contributed by atoms with Gasteiger partial charge in [-0.1, -0.05) is 12.1 Å². The summed E-state index contributed by atoms with van der Waals surface area (Å²) in [6, 6.07) is 10.1. The van der Waals surface area contributed by atoms with Crippen LogP contribution in [-0.4, -0.2) is 21.6 Å². The van der Waals surface area contributed by atoms with Gasteiger partial charge in [-0.2, -0.15) is 0 Å². The zero-order valence-corrected chi connectivity index (χ0v) is 10.4. The van der Waals surface area contributed by atoms with Crippen LogP contribution in [-0.2, 0) is 7.05 Å². The van der Waals surface area contributed by atoms with Crippen LogP contribution in [0, 0.1) is 0 Å². The monoisotopic (exact) mass is 238 g/mol. The summed E-state index contributed by atoms with van der Waals surface area (Å²) in [5.74, 6) is 0.947. The van der Waals surface area contributed by atoms with Gasteiger partial charge in [0.15, 0.2) is 0 Å². The quantitative estimate of drug-likeness (QED) is 0.746. The van der Waals surface area contributed by atoms with Gasteiger partial charge in [0.2, 0.25) is 0 Å². The molecule has 0 amide bonds. The van der Waals surface area contributed by atoms with Crippen molar-refractivity contribution in [2.75, 3.05) is 12.4 Å². The van der Waals surface area contributed by atoms with Crippen LogP contribution < -0.4 is 5.32 Å². The summed E-state index contributed by atoms with van der Waals surface area (Å²) >= 11 is 0. The lowest BCUT2D eigenvalue weighted by molar-refractivity contribution is 0.956. The molecule has 1 N–H and O–H groups in total. The Kier molecular flexibility index (Phi) is 2.48. The average molecular weight is 238 g/mol. The fourth-order valence-electron chi connectivity index (χ4n) is 2.17. The smallest absolute Gasteiger partial charge is 0.142 e. The number of aryl methyl sites for hydroxylation is 1. The van der Waals surface area contributed by atoms with Gasteiger partial charge in [-0.25, -0.2) is 4.98 Å². The largest absolute Gasteiger partial charge is 0.388 e. The molecule has 0 aliphatic carbocycles. The van der Waals surface area contributed by atoms with E-state index in [0.717, 1.165) is 28.1 Å². The summed E-state index contributed by atoms with van der Waals surface area (Å²) in [5, 5.41) is 3.20. The molecule has 0 saturated carbocycles. The molecule has 0 aliphatic heterocycles. The molecule has 0 saturated heterocycles. The van der Waals surface area contributed by atoms with Crippen molar-refractivity contribution in [2.45, 2.75) is 0 Å². The third-order valence-electron chi connectivity index (χ3n) is 3.12. The molecule has 3 aromatic rings. The molecule has 3 rings (SSSR count). The van der Waals surface area contributed by atoms with Crippen molar-refractivity contribution in [3.8, 4) is 11.4 Å². The minimum atomic E-state index is 0.947. The van der Waals surface area contributed by atoms with Gasteiger partial charge >= 0.3 is 0 Å². The number of hydrogen-bond acceptors (Lipinski definition) is 3. The highest BCUT2D eigenvalue weighted by atomic mass is 15.1. The van der Waals surface area contributed by atoms with E-state index >= 15 is 0 Å². The van der Waals surface area contributed by atoms with Crippen molar-refractivity contribution in [3.05, 3.63) is 42.7 Å². The predicted octanol–water partition coefficient (Wildman–Crippen LogP) is 2.68. The predicted molar refractivity (Wildman–Crippen MR) is 73.5 cm³/mol. The number of nitrogens with zero attached hydrogens (tertiary/aromatic N) is 3. The molecule has 0 radical (unpaired) electrons. The topological polar surface area (TPSA) is 42.7 Å². The molecule has 4 heteroatoms. The van der Waals surface area contributed by atoms with Crippen molar-refractivity contribution in [2.24, 2.45) is 7.05 Å². The molecule has 0 atom stereocenters. The van der Waals surface area contributed by atoms with E-state index in [2.05, 4.69) is 25.9 Å². The second kappa shape index (κ2) is 4.14. The standard InChI is InChI=1S/C14H14N4/c1-15-11-6-4-3-5-10(11)14-17-12-7-8-16-9-13(12)18(14)2/h3-9,15H,1-2H3. The zero-order chi connectivity index (χ0) is 12.5. The van der Waals surface area contributed by atoms with E-state index < -0.39 is 0 Å². The van der Waals surface area contributed by atoms with Crippen LogP contribution >= 0.6 is 0 Å². The highest BCUT2D eigenvalue weighted by molar-refractivity contribution is 5.83. The molecule has 4 nitrogen and oxygen atoms in total. The lowest BCUT2D eigenvalue weighted by Crippen LogP contribution is -1.97. The summed E-state index contributed by atoms with van der Waals surface area (Å²) in [5.41, 5.74) is 4.18. The summed E-state index contributed by atoms with van der Waals surface area (Å²) in [4.78, 5) is 8.82. The van der Waals surface area contributed by atoms with E-state index in [-0.39, 0.29) is 0 Å². The fraction of sp³-hybridized carbons (Fsp3) is 0.143. The number of imidazole rings is 1. The van der Waals surface area contributed by atoms with Gasteiger partial charge in [0.05, 0.1) is 17.2 Å². The van der Waals surface area contributed by atoms with Crippen molar-refractivity contribution in [1.82, 2.24) is 14.5 Å². The Bertz CT molecular complexity index is 700. The minimum Gasteiger partial charge on any atom is -0.388 e. The van der Waals surface area contributed by atoms with Gasteiger partial charge in [-0.3, -0.25) is 4.98 Å². The molecule has 0 aliphatic rings. The van der Waals surface area contributed by atoms with Gasteiger partial charge in [-0.05, 0) is 18.2 Å². The maximum atomic E-state index is 4.67. The highest BCUT2D eigenvalue weighted by Crippen LogP contribution is 2.28. The van der Waals surface area contributed by atoms with E-state index in [1.165, 1.54) is 0 Å². The van der Waals surface area contributed by atoms with Crippen LogP contribution in [0.5, 0.6) is 0 Å². The van der Waals surface area contributed by atoms with Crippen LogP contribution in [0.2, 0.25) is 0 Å². The number of fused-ring (bicyclic) bond motifs is 1. The van der Waals surface area contributed by atoms with Gasteiger partial charge in [0, 0.05) is 31.5 Å². The Labute approximate surface area is 105 Å². The Morgan fingerprint density at radius 1 is 1.17 bits per heavy atom. The van der Waals surface area contributed by atoms with Crippen molar-refractivity contribution < 1.29 is 0 Å².